The van der Waals surface area contributed by atoms with E-state index in [1.165, 1.54) is 31.3 Å². The van der Waals surface area contributed by atoms with E-state index in [-0.39, 0.29) is 0 Å². The van der Waals surface area contributed by atoms with Gasteiger partial charge in [0.25, 0.3) is 0 Å². The number of benzene rings is 2. The average Bonchev–Trinajstić information content (AvgIpc) is 2.59. The molecular formula is C17H11BrS. The summed E-state index contributed by atoms with van der Waals surface area (Å²) in [6.45, 7) is 0. The minimum Gasteiger partial charge on any atom is -0.135 e. The second-order valence-electron chi connectivity index (χ2n) is 4.76. The van der Waals surface area contributed by atoms with Crippen molar-refractivity contribution in [1.82, 2.24) is 0 Å². The van der Waals surface area contributed by atoms with Gasteiger partial charge in [-0.3, -0.25) is 0 Å². The Balaban J connectivity index is 2.13. The largest absolute Gasteiger partial charge is 0.135 e. The van der Waals surface area contributed by atoms with Crippen LogP contribution in [0.1, 0.15) is 17.5 Å². The molecule has 1 heterocycles. The summed E-state index contributed by atoms with van der Waals surface area (Å²) in [5.74, 6) is 0. The maximum atomic E-state index is 3.57. The lowest BCUT2D eigenvalue weighted by atomic mass is 10.0. The Morgan fingerprint density at radius 3 is 2.42 bits per heavy atom. The quantitative estimate of drug-likeness (QED) is 0.458. The van der Waals surface area contributed by atoms with Gasteiger partial charge in [0.1, 0.15) is 0 Å². The van der Waals surface area contributed by atoms with Crippen molar-refractivity contribution in [2.24, 2.45) is 0 Å². The zero-order valence-electron chi connectivity index (χ0n) is 10.2. The van der Waals surface area contributed by atoms with Crippen molar-refractivity contribution >= 4 is 59.6 Å². The fourth-order valence-electron chi connectivity index (χ4n) is 2.58. The summed E-state index contributed by atoms with van der Waals surface area (Å²) < 4.78 is 3.86. The van der Waals surface area contributed by atoms with E-state index in [4.69, 9.17) is 0 Å². The van der Waals surface area contributed by atoms with E-state index in [0.29, 0.717) is 0 Å². The van der Waals surface area contributed by atoms with Crippen LogP contribution < -0.4 is 0 Å². The summed E-state index contributed by atoms with van der Waals surface area (Å²) in [4.78, 5) is 0. The summed E-state index contributed by atoms with van der Waals surface area (Å²) in [5.41, 5.74) is 2.65. The number of hydrogen-bond donors (Lipinski definition) is 0. The molecule has 1 aliphatic rings. The lowest BCUT2D eigenvalue weighted by Gasteiger charge is -2.01. The Morgan fingerprint density at radius 2 is 1.58 bits per heavy atom. The first-order chi connectivity index (χ1) is 9.31. The predicted molar refractivity (Wildman–Crippen MR) is 89.7 cm³/mol. The summed E-state index contributed by atoms with van der Waals surface area (Å²) in [6, 6.07) is 11.2. The maximum Gasteiger partial charge on any atom is 0.0361 e. The predicted octanol–water partition coefficient (Wildman–Crippen LogP) is 6.25. The second-order valence-corrected chi connectivity index (χ2v) is 6.76. The third-order valence-corrected chi connectivity index (χ3v) is 5.13. The molecule has 0 bridgehead atoms. The molecule has 0 aliphatic heterocycles. The van der Waals surface area contributed by atoms with Gasteiger partial charge in [-0.25, -0.2) is 0 Å². The standard InChI is InChI=1S/C17H11BrS/c18-13-6-7-16-15(10-13)14-8-11-4-2-1-3-5-12(11)9-17(14)19-16/h2-10H,1H2. The SMILES string of the molecule is Brc1ccc2sc3cc4c(cc3c2c1)C=CCC=C4. The first-order valence-electron chi connectivity index (χ1n) is 6.30. The van der Waals surface area contributed by atoms with Crippen molar-refractivity contribution in [2.75, 3.05) is 0 Å². The Labute approximate surface area is 124 Å². The first kappa shape index (κ1) is 11.4. The van der Waals surface area contributed by atoms with Gasteiger partial charge < -0.3 is 0 Å². The van der Waals surface area contributed by atoms with Crippen LogP contribution in [0.2, 0.25) is 0 Å². The minimum absolute atomic E-state index is 1.02. The van der Waals surface area contributed by atoms with Crippen LogP contribution in [0, 0.1) is 0 Å². The van der Waals surface area contributed by atoms with Gasteiger partial charge in [-0.15, -0.1) is 11.3 Å². The number of hydrogen-bond acceptors (Lipinski definition) is 1. The van der Waals surface area contributed by atoms with E-state index in [9.17, 15) is 0 Å². The Kier molecular flexibility index (Phi) is 2.61. The van der Waals surface area contributed by atoms with E-state index < -0.39 is 0 Å². The van der Waals surface area contributed by atoms with Crippen molar-refractivity contribution in [2.45, 2.75) is 6.42 Å². The van der Waals surface area contributed by atoms with E-state index in [0.717, 1.165) is 10.9 Å². The molecule has 0 N–H and O–H groups in total. The van der Waals surface area contributed by atoms with Gasteiger partial charge in [0, 0.05) is 24.6 Å². The maximum absolute atomic E-state index is 3.57. The molecule has 0 saturated heterocycles. The molecule has 92 valence electrons. The van der Waals surface area contributed by atoms with Gasteiger partial charge in [-0.05, 0) is 47.9 Å². The van der Waals surface area contributed by atoms with Crippen LogP contribution in [0.15, 0.2) is 47.0 Å². The number of fused-ring (bicyclic) bond motifs is 4. The zero-order chi connectivity index (χ0) is 12.8. The lowest BCUT2D eigenvalue weighted by Crippen LogP contribution is -1.79. The number of halogens is 1. The Morgan fingerprint density at radius 1 is 0.842 bits per heavy atom. The first-order valence-corrected chi connectivity index (χ1v) is 7.91. The van der Waals surface area contributed by atoms with Crippen LogP contribution in [-0.4, -0.2) is 0 Å². The molecule has 3 aromatic rings. The molecule has 0 radical (unpaired) electrons. The Bertz CT molecular complexity index is 852. The number of allylic oxidation sites excluding steroid dienone is 2. The second kappa shape index (κ2) is 4.32. The molecule has 0 spiro atoms. The molecule has 1 aromatic heterocycles. The van der Waals surface area contributed by atoms with Crippen LogP contribution in [0.25, 0.3) is 32.3 Å². The van der Waals surface area contributed by atoms with Crippen LogP contribution in [-0.2, 0) is 0 Å². The van der Waals surface area contributed by atoms with Gasteiger partial charge in [-0.1, -0.05) is 40.2 Å². The van der Waals surface area contributed by atoms with Crippen LogP contribution in [0.5, 0.6) is 0 Å². The highest BCUT2D eigenvalue weighted by Gasteiger charge is 2.09. The molecule has 19 heavy (non-hydrogen) atoms. The highest BCUT2D eigenvalue weighted by molar-refractivity contribution is 9.10. The molecule has 2 heteroatoms. The topological polar surface area (TPSA) is 0 Å². The molecule has 2 aromatic carbocycles. The average molecular weight is 327 g/mol. The number of rotatable bonds is 0. The fourth-order valence-corrected chi connectivity index (χ4v) is 4.06. The molecule has 4 rings (SSSR count). The van der Waals surface area contributed by atoms with Crippen LogP contribution in [0.3, 0.4) is 0 Å². The smallest absolute Gasteiger partial charge is 0.0361 e. The van der Waals surface area contributed by atoms with E-state index >= 15 is 0 Å². The van der Waals surface area contributed by atoms with Crippen molar-refractivity contribution in [3.8, 4) is 0 Å². The normalized spacial score (nSPS) is 13.9. The van der Waals surface area contributed by atoms with E-state index in [2.05, 4.69) is 70.6 Å². The summed E-state index contributed by atoms with van der Waals surface area (Å²) in [5, 5.41) is 2.71. The van der Waals surface area contributed by atoms with Gasteiger partial charge in [0.05, 0.1) is 0 Å². The van der Waals surface area contributed by atoms with Crippen molar-refractivity contribution in [3.63, 3.8) is 0 Å². The zero-order valence-corrected chi connectivity index (χ0v) is 12.6. The monoisotopic (exact) mass is 326 g/mol. The van der Waals surface area contributed by atoms with Crippen molar-refractivity contribution in [3.05, 3.63) is 58.1 Å². The molecule has 0 saturated carbocycles. The lowest BCUT2D eigenvalue weighted by molar-refractivity contribution is 1.44. The van der Waals surface area contributed by atoms with Crippen LogP contribution in [0.4, 0.5) is 0 Å². The van der Waals surface area contributed by atoms with Gasteiger partial charge in [0.2, 0.25) is 0 Å². The molecule has 0 fully saturated rings. The highest BCUT2D eigenvalue weighted by atomic mass is 79.9. The third kappa shape index (κ3) is 1.87. The van der Waals surface area contributed by atoms with Gasteiger partial charge >= 0.3 is 0 Å². The molecule has 0 nitrogen and oxygen atoms in total. The van der Waals surface area contributed by atoms with Gasteiger partial charge in [-0.2, -0.15) is 0 Å². The molecular weight excluding hydrogens is 316 g/mol. The van der Waals surface area contributed by atoms with Crippen molar-refractivity contribution < 1.29 is 0 Å². The number of thiophene rings is 1. The third-order valence-electron chi connectivity index (χ3n) is 3.50. The summed E-state index contributed by atoms with van der Waals surface area (Å²) in [6.07, 6.45) is 9.93. The van der Waals surface area contributed by atoms with E-state index in [1.54, 1.807) is 0 Å². The fraction of sp³-hybridized carbons (Fsp3) is 0.0588. The van der Waals surface area contributed by atoms with E-state index in [1.807, 2.05) is 11.3 Å². The minimum atomic E-state index is 1.02. The van der Waals surface area contributed by atoms with Crippen molar-refractivity contribution in [1.29, 1.82) is 0 Å². The summed E-state index contributed by atoms with van der Waals surface area (Å²) in [7, 11) is 0. The molecule has 1 aliphatic carbocycles. The Hall–Kier alpha value is -1.38. The highest BCUT2D eigenvalue weighted by Crippen LogP contribution is 2.37. The molecule has 0 unspecified atom stereocenters. The van der Waals surface area contributed by atoms with Gasteiger partial charge in [0.15, 0.2) is 0 Å². The van der Waals surface area contributed by atoms with Crippen LogP contribution >= 0.6 is 27.3 Å². The molecule has 0 amide bonds. The molecule has 0 atom stereocenters. The summed E-state index contributed by atoms with van der Waals surface area (Å²) >= 11 is 5.44.